The van der Waals surface area contributed by atoms with E-state index in [0.29, 0.717) is 5.69 Å². The highest BCUT2D eigenvalue weighted by Crippen LogP contribution is 2.27. The van der Waals surface area contributed by atoms with Crippen LogP contribution in [-0.4, -0.2) is 21.2 Å². The van der Waals surface area contributed by atoms with Gasteiger partial charge in [0.15, 0.2) is 10.8 Å². The highest BCUT2D eigenvalue weighted by atomic mass is 35.5. The fourth-order valence-electron chi connectivity index (χ4n) is 1.51. The lowest BCUT2D eigenvalue weighted by molar-refractivity contribution is 0.147. The monoisotopic (exact) mass is 301 g/mol. The molecule has 0 unspecified atom stereocenters. The van der Waals surface area contributed by atoms with Crippen LogP contribution in [0.2, 0.25) is 5.15 Å². The molecule has 0 aliphatic heterocycles. The molecule has 0 aliphatic carbocycles. The largest absolute Gasteiger partial charge is 0.323 e. The molecule has 0 spiro atoms. The second kappa shape index (κ2) is 5.83. The summed E-state index contributed by atoms with van der Waals surface area (Å²) in [5.74, 6) is 0. The molecule has 2 aromatic rings. The average Bonchev–Trinajstić information content (AvgIpc) is 2.74. The highest BCUT2D eigenvalue weighted by Gasteiger charge is 2.20. The Morgan fingerprint density at radius 1 is 1.45 bits per heavy atom. The van der Waals surface area contributed by atoms with Gasteiger partial charge in [-0.1, -0.05) is 11.6 Å². The predicted molar refractivity (Wildman–Crippen MR) is 70.2 cm³/mol. The third-order valence-corrected chi connectivity index (χ3v) is 2.73. The molecule has 9 heteroatoms. The fraction of sp³-hybridized carbons (Fsp3) is 0.182. The molecule has 0 saturated carbocycles. The first-order chi connectivity index (χ1) is 9.49. The minimum absolute atomic E-state index is 0.0579. The lowest BCUT2D eigenvalue weighted by Crippen LogP contribution is -2.20. The number of H-pyrrole nitrogens is 1. The van der Waals surface area contributed by atoms with E-state index in [9.17, 15) is 13.6 Å². The van der Waals surface area contributed by atoms with E-state index in [4.69, 9.17) is 11.6 Å². The van der Waals surface area contributed by atoms with Gasteiger partial charge in [0.05, 0.1) is 17.1 Å². The van der Waals surface area contributed by atoms with Crippen LogP contribution in [0.1, 0.15) is 17.8 Å². The Balaban J connectivity index is 2.13. The number of hydrogen-bond acceptors (Lipinski definition) is 3. The van der Waals surface area contributed by atoms with Crippen molar-refractivity contribution in [3.05, 3.63) is 34.9 Å². The topological polar surface area (TPSA) is 82.7 Å². The summed E-state index contributed by atoms with van der Waals surface area (Å²) in [6, 6.07) is 2.40. The van der Waals surface area contributed by atoms with Crippen molar-refractivity contribution in [3.63, 3.8) is 0 Å². The molecular weight excluding hydrogens is 292 g/mol. The Kier molecular flexibility index (Phi) is 4.14. The van der Waals surface area contributed by atoms with Gasteiger partial charge < -0.3 is 10.6 Å². The lowest BCUT2D eigenvalue weighted by Gasteiger charge is -2.09. The Morgan fingerprint density at radius 2 is 2.20 bits per heavy atom. The van der Waals surface area contributed by atoms with Gasteiger partial charge in [-0.3, -0.25) is 5.10 Å². The molecule has 0 saturated heterocycles. The number of nitrogens with zero attached hydrogens (tertiary/aromatic N) is 2. The summed E-state index contributed by atoms with van der Waals surface area (Å²) in [6.45, 7) is 1.52. The van der Waals surface area contributed by atoms with Crippen molar-refractivity contribution in [1.29, 1.82) is 0 Å². The molecule has 0 aliphatic rings. The summed E-state index contributed by atoms with van der Waals surface area (Å²) in [5.41, 5.74) is 0.0200. The van der Waals surface area contributed by atoms with Crippen molar-refractivity contribution in [2.24, 2.45) is 0 Å². The first-order valence-corrected chi connectivity index (χ1v) is 5.88. The number of carbonyl (C=O) groups excluding carboxylic acids is 1. The van der Waals surface area contributed by atoms with Gasteiger partial charge in [-0.25, -0.2) is 18.6 Å². The molecule has 0 atom stereocenters. The molecule has 2 rings (SSSR count). The van der Waals surface area contributed by atoms with Crippen LogP contribution in [0.4, 0.5) is 25.0 Å². The summed E-state index contributed by atoms with van der Waals surface area (Å²) in [6.07, 6.45) is -1.34. The SMILES string of the molecule is Cc1[nH]nc(C(F)F)c1NC(=O)Nc1cccnc1Cl. The molecule has 2 amide bonds. The third-order valence-electron chi connectivity index (χ3n) is 2.43. The number of carbonyl (C=O) groups is 1. The normalized spacial score (nSPS) is 10.7. The van der Waals surface area contributed by atoms with E-state index in [0.717, 1.165) is 0 Å². The number of aromatic nitrogens is 3. The molecule has 3 N–H and O–H groups in total. The zero-order valence-electron chi connectivity index (χ0n) is 10.2. The molecule has 2 heterocycles. The van der Waals surface area contributed by atoms with Gasteiger partial charge in [0.1, 0.15) is 0 Å². The van der Waals surface area contributed by atoms with Gasteiger partial charge in [0.25, 0.3) is 6.43 Å². The van der Waals surface area contributed by atoms with Crippen molar-refractivity contribution < 1.29 is 13.6 Å². The summed E-state index contributed by atoms with van der Waals surface area (Å²) in [5, 5.41) is 10.6. The van der Waals surface area contributed by atoms with Crippen LogP contribution in [0.25, 0.3) is 0 Å². The van der Waals surface area contributed by atoms with Crippen LogP contribution in [0, 0.1) is 6.92 Å². The van der Waals surface area contributed by atoms with Gasteiger partial charge >= 0.3 is 6.03 Å². The standard InChI is InChI=1S/C11H10ClF2N5O/c1-5-7(8(10(13)14)19-18-5)17-11(20)16-6-3-2-4-15-9(6)12/h2-4,10H,1H3,(H,18,19)(H2,16,17,20). The summed E-state index contributed by atoms with van der Waals surface area (Å²) in [4.78, 5) is 15.5. The smallest absolute Gasteiger partial charge is 0.305 e. The van der Waals surface area contributed by atoms with E-state index in [-0.39, 0.29) is 16.5 Å². The molecule has 106 valence electrons. The Labute approximate surface area is 117 Å². The molecule has 20 heavy (non-hydrogen) atoms. The fourth-order valence-corrected chi connectivity index (χ4v) is 1.68. The first kappa shape index (κ1) is 14.2. The zero-order valence-corrected chi connectivity index (χ0v) is 11.0. The Morgan fingerprint density at radius 3 is 2.85 bits per heavy atom. The van der Waals surface area contributed by atoms with Crippen LogP contribution in [0.15, 0.2) is 18.3 Å². The van der Waals surface area contributed by atoms with Gasteiger partial charge in [-0.15, -0.1) is 0 Å². The Hall–Kier alpha value is -2.22. The maximum absolute atomic E-state index is 12.7. The maximum atomic E-state index is 12.7. The molecule has 0 aromatic carbocycles. The number of halogens is 3. The lowest BCUT2D eigenvalue weighted by atomic mass is 10.3. The van der Waals surface area contributed by atoms with Crippen molar-refractivity contribution in [2.75, 3.05) is 10.6 Å². The summed E-state index contributed by atoms with van der Waals surface area (Å²) in [7, 11) is 0. The summed E-state index contributed by atoms with van der Waals surface area (Å²) < 4.78 is 25.4. The van der Waals surface area contributed by atoms with E-state index in [1.54, 1.807) is 6.07 Å². The number of pyridine rings is 1. The van der Waals surface area contributed by atoms with Gasteiger partial charge in [0, 0.05) is 6.20 Å². The number of aryl methyl sites for hydroxylation is 1. The van der Waals surface area contributed by atoms with E-state index >= 15 is 0 Å². The molecule has 0 radical (unpaired) electrons. The maximum Gasteiger partial charge on any atom is 0.323 e. The second-order valence-electron chi connectivity index (χ2n) is 3.83. The molecular formula is C11H10ClF2N5O. The van der Waals surface area contributed by atoms with Crippen LogP contribution in [0.5, 0.6) is 0 Å². The predicted octanol–water partition coefficient (Wildman–Crippen LogP) is 3.35. The molecule has 2 aromatic heterocycles. The molecule has 6 nitrogen and oxygen atoms in total. The van der Waals surface area contributed by atoms with E-state index in [1.165, 1.54) is 19.2 Å². The van der Waals surface area contributed by atoms with Crippen LogP contribution in [-0.2, 0) is 0 Å². The van der Waals surface area contributed by atoms with Crippen LogP contribution >= 0.6 is 11.6 Å². The zero-order chi connectivity index (χ0) is 14.7. The molecule has 0 fully saturated rings. The van der Waals surface area contributed by atoms with Crippen molar-refractivity contribution >= 4 is 29.0 Å². The second-order valence-corrected chi connectivity index (χ2v) is 4.19. The van der Waals surface area contributed by atoms with Crippen molar-refractivity contribution in [3.8, 4) is 0 Å². The van der Waals surface area contributed by atoms with E-state index in [1.807, 2.05) is 0 Å². The number of urea groups is 1. The number of aromatic amines is 1. The van der Waals surface area contributed by atoms with Gasteiger partial charge in [-0.05, 0) is 19.1 Å². The van der Waals surface area contributed by atoms with E-state index in [2.05, 4.69) is 25.8 Å². The first-order valence-electron chi connectivity index (χ1n) is 5.50. The van der Waals surface area contributed by atoms with Crippen molar-refractivity contribution in [1.82, 2.24) is 15.2 Å². The van der Waals surface area contributed by atoms with Crippen molar-refractivity contribution in [2.45, 2.75) is 13.3 Å². The number of alkyl halides is 2. The third kappa shape index (κ3) is 3.02. The quantitative estimate of drug-likeness (QED) is 0.760. The number of rotatable bonds is 3. The number of hydrogen-bond donors (Lipinski definition) is 3. The minimum atomic E-state index is -2.79. The minimum Gasteiger partial charge on any atom is -0.305 e. The number of anilines is 2. The number of amides is 2. The van der Waals surface area contributed by atoms with Crippen LogP contribution in [0.3, 0.4) is 0 Å². The average molecular weight is 302 g/mol. The highest BCUT2D eigenvalue weighted by molar-refractivity contribution is 6.32. The summed E-state index contributed by atoms with van der Waals surface area (Å²) >= 11 is 5.77. The van der Waals surface area contributed by atoms with Gasteiger partial charge in [0.2, 0.25) is 0 Å². The van der Waals surface area contributed by atoms with Gasteiger partial charge in [-0.2, -0.15) is 5.10 Å². The number of nitrogens with one attached hydrogen (secondary N) is 3. The van der Waals surface area contributed by atoms with E-state index < -0.39 is 18.2 Å². The molecule has 0 bridgehead atoms. The Bertz CT molecular complexity index is 631. The van der Waals surface area contributed by atoms with Crippen LogP contribution < -0.4 is 10.6 Å².